The first-order valence-electron chi connectivity index (χ1n) is 8.62. The molecule has 1 aliphatic rings. The second kappa shape index (κ2) is 9.38. The monoisotopic (exact) mass is 282 g/mol. The molecule has 0 bridgehead atoms. The molecular formula is C17H34N2O. The summed E-state index contributed by atoms with van der Waals surface area (Å²) in [5, 5.41) is 6.49. The van der Waals surface area contributed by atoms with Gasteiger partial charge in [-0.1, -0.05) is 46.5 Å². The zero-order chi connectivity index (χ0) is 14.8. The molecule has 3 heteroatoms. The van der Waals surface area contributed by atoms with Crippen LogP contribution in [-0.4, -0.2) is 25.5 Å². The molecule has 1 fully saturated rings. The molecule has 0 aromatic carbocycles. The highest BCUT2D eigenvalue weighted by Gasteiger charge is 2.51. The fourth-order valence-electron chi connectivity index (χ4n) is 2.84. The fourth-order valence-corrected chi connectivity index (χ4v) is 2.84. The Labute approximate surface area is 125 Å². The summed E-state index contributed by atoms with van der Waals surface area (Å²) in [6, 6.07) is 0. The van der Waals surface area contributed by atoms with Gasteiger partial charge in [-0.3, -0.25) is 4.79 Å². The van der Waals surface area contributed by atoms with E-state index in [1.165, 1.54) is 32.1 Å². The summed E-state index contributed by atoms with van der Waals surface area (Å²) in [5.41, 5.74) is -0.00766. The number of carbonyl (C=O) groups is 1. The van der Waals surface area contributed by atoms with Crippen molar-refractivity contribution in [3.05, 3.63) is 0 Å². The zero-order valence-corrected chi connectivity index (χ0v) is 13.8. The maximum absolute atomic E-state index is 12.1. The molecule has 0 radical (unpaired) electrons. The topological polar surface area (TPSA) is 41.1 Å². The van der Waals surface area contributed by atoms with Crippen molar-refractivity contribution in [2.24, 2.45) is 11.3 Å². The van der Waals surface area contributed by atoms with E-state index in [1.807, 2.05) is 0 Å². The lowest BCUT2D eigenvalue weighted by atomic mass is 9.91. The van der Waals surface area contributed by atoms with Crippen LogP contribution >= 0.6 is 0 Å². The molecule has 1 amide bonds. The van der Waals surface area contributed by atoms with Gasteiger partial charge >= 0.3 is 0 Å². The number of amides is 1. The number of hydrogen-bond donors (Lipinski definition) is 2. The number of rotatable bonds is 12. The summed E-state index contributed by atoms with van der Waals surface area (Å²) in [6.07, 6.45) is 9.80. The molecule has 3 nitrogen and oxygen atoms in total. The molecule has 0 unspecified atom stereocenters. The minimum atomic E-state index is -0.00766. The predicted octanol–water partition coefficient (Wildman–Crippen LogP) is 3.49. The van der Waals surface area contributed by atoms with Crippen molar-refractivity contribution in [3.63, 3.8) is 0 Å². The van der Waals surface area contributed by atoms with E-state index in [1.54, 1.807) is 0 Å². The second-order valence-electron chi connectivity index (χ2n) is 6.54. The number of hydrogen-bond acceptors (Lipinski definition) is 2. The molecule has 1 aliphatic carbocycles. The van der Waals surface area contributed by atoms with Crippen LogP contribution in [0.25, 0.3) is 0 Å². The molecule has 2 N–H and O–H groups in total. The molecule has 0 saturated heterocycles. The smallest absolute Gasteiger partial charge is 0.226 e. The van der Waals surface area contributed by atoms with Gasteiger partial charge in [0.15, 0.2) is 0 Å². The summed E-state index contributed by atoms with van der Waals surface area (Å²) in [4.78, 5) is 12.1. The van der Waals surface area contributed by atoms with Gasteiger partial charge in [0.2, 0.25) is 5.91 Å². The van der Waals surface area contributed by atoms with Gasteiger partial charge in [0, 0.05) is 6.54 Å². The molecule has 0 aromatic heterocycles. The molecule has 1 saturated carbocycles. The molecule has 0 heterocycles. The van der Waals surface area contributed by atoms with Crippen molar-refractivity contribution in [2.45, 2.75) is 72.1 Å². The van der Waals surface area contributed by atoms with E-state index in [4.69, 9.17) is 0 Å². The normalized spacial score (nSPS) is 16.4. The molecule has 0 aliphatic heterocycles. The van der Waals surface area contributed by atoms with Crippen LogP contribution in [0, 0.1) is 11.3 Å². The zero-order valence-electron chi connectivity index (χ0n) is 13.8. The summed E-state index contributed by atoms with van der Waals surface area (Å²) in [5.74, 6) is 0.789. The van der Waals surface area contributed by atoms with Gasteiger partial charge < -0.3 is 10.6 Å². The third-order valence-electron chi connectivity index (χ3n) is 4.66. The van der Waals surface area contributed by atoms with Crippen LogP contribution in [0.2, 0.25) is 0 Å². The Hall–Kier alpha value is -0.570. The Bertz CT molecular complexity index is 272. The van der Waals surface area contributed by atoms with Crippen molar-refractivity contribution < 1.29 is 4.79 Å². The molecular weight excluding hydrogens is 248 g/mol. The molecule has 0 atom stereocenters. The first-order chi connectivity index (χ1) is 9.63. The summed E-state index contributed by atoms with van der Waals surface area (Å²) in [7, 11) is 0. The van der Waals surface area contributed by atoms with Crippen LogP contribution in [0.5, 0.6) is 0 Å². The average molecular weight is 282 g/mol. The lowest BCUT2D eigenvalue weighted by Crippen LogP contribution is -2.35. The van der Waals surface area contributed by atoms with E-state index in [2.05, 4.69) is 31.4 Å². The number of carbonyl (C=O) groups excluding carboxylic acids is 1. The third-order valence-corrected chi connectivity index (χ3v) is 4.66. The van der Waals surface area contributed by atoms with Crippen molar-refractivity contribution in [2.75, 3.05) is 19.6 Å². The van der Waals surface area contributed by atoms with Crippen molar-refractivity contribution in [1.29, 1.82) is 0 Å². The minimum absolute atomic E-state index is 0.00766. The Kier molecular flexibility index (Phi) is 8.20. The highest BCUT2D eigenvalue weighted by molar-refractivity contribution is 5.85. The third kappa shape index (κ3) is 5.82. The minimum Gasteiger partial charge on any atom is -0.356 e. The summed E-state index contributed by atoms with van der Waals surface area (Å²) >= 11 is 0. The largest absolute Gasteiger partial charge is 0.356 e. The number of unbranched alkanes of at least 4 members (excludes halogenated alkanes) is 5. The highest BCUT2D eigenvalue weighted by atomic mass is 16.2. The highest BCUT2D eigenvalue weighted by Crippen LogP contribution is 2.51. The molecule has 0 spiro atoms. The lowest BCUT2D eigenvalue weighted by molar-refractivity contribution is -0.127. The van der Waals surface area contributed by atoms with Gasteiger partial charge in [-0.15, -0.1) is 0 Å². The van der Waals surface area contributed by atoms with Gasteiger partial charge in [-0.05, 0) is 44.7 Å². The summed E-state index contributed by atoms with van der Waals surface area (Å²) in [6.45, 7) is 9.59. The van der Waals surface area contributed by atoms with Crippen LogP contribution in [0.4, 0.5) is 0 Å². The van der Waals surface area contributed by atoms with Crippen molar-refractivity contribution >= 4 is 5.91 Å². The predicted molar refractivity (Wildman–Crippen MR) is 85.8 cm³/mol. The molecule has 0 aromatic rings. The maximum Gasteiger partial charge on any atom is 0.226 e. The van der Waals surface area contributed by atoms with Crippen LogP contribution in [0.1, 0.15) is 72.1 Å². The van der Waals surface area contributed by atoms with Crippen LogP contribution < -0.4 is 10.6 Å². The van der Waals surface area contributed by atoms with Gasteiger partial charge in [0.05, 0.1) is 5.41 Å². The Morgan fingerprint density at radius 3 is 2.05 bits per heavy atom. The standard InChI is InChI=1S/C17H34N2O/c1-4-18-13-9-7-5-6-8-10-14-19-16(20)17(11-12-17)15(2)3/h15,18H,4-14H2,1-3H3,(H,19,20). The first kappa shape index (κ1) is 17.5. The van der Waals surface area contributed by atoms with E-state index < -0.39 is 0 Å². The van der Waals surface area contributed by atoms with Crippen molar-refractivity contribution in [1.82, 2.24) is 10.6 Å². The molecule has 20 heavy (non-hydrogen) atoms. The number of nitrogens with one attached hydrogen (secondary N) is 2. The second-order valence-corrected chi connectivity index (χ2v) is 6.54. The first-order valence-corrected chi connectivity index (χ1v) is 8.62. The Morgan fingerprint density at radius 1 is 1.00 bits per heavy atom. The van der Waals surface area contributed by atoms with E-state index >= 15 is 0 Å². The van der Waals surface area contributed by atoms with Gasteiger partial charge in [-0.2, -0.15) is 0 Å². The van der Waals surface area contributed by atoms with Gasteiger partial charge in [0.1, 0.15) is 0 Å². The van der Waals surface area contributed by atoms with E-state index in [-0.39, 0.29) is 5.41 Å². The van der Waals surface area contributed by atoms with Gasteiger partial charge in [0.25, 0.3) is 0 Å². The molecule has 1 rings (SSSR count). The Balaban J connectivity index is 1.89. The van der Waals surface area contributed by atoms with Crippen LogP contribution in [0.3, 0.4) is 0 Å². The quantitative estimate of drug-likeness (QED) is 0.538. The Morgan fingerprint density at radius 2 is 1.55 bits per heavy atom. The van der Waals surface area contributed by atoms with E-state index in [9.17, 15) is 4.79 Å². The van der Waals surface area contributed by atoms with Crippen LogP contribution in [-0.2, 0) is 4.79 Å². The van der Waals surface area contributed by atoms with Gasteiger partial charge in [-0.25, -0.2) is 0 Å². The van der Waals surface area contributed by atoms with Crippen LogP contribution in [0.15, 0.2) is 0 Å². The SMILES string of the molecule is CCNCCCCCCCCNC(=O)C1(C(C)C)CC1. The van der Waals surface area contributed by atoms with E-state index in [0.29, 0.717) is 11.8 Å². The fraction of sp³-hybridized carbons (Fsp3) is 0.941. The molecule has 118 valence electrons. The average Bonchev–Trinajstić information content (AvgIpc) is 3.22. The maximum atomic E-state index is 12.1. The van der Waals surface area contributed by atoms with E-state index in [0.717, 1.165) is 38.9 Å². The van der Waals surface area contributed by atoms with Crippen molar-refractivity contribution in [3.8, 4) is 0 Å². The summed E-state index contributed by atoms with van der Waals surface area (Å²) < 4.78 is 0. The lowest BCUT2D eigenvalue weighted by Gasteiger charge is -2.18.